The van der Waals surface area contributed by atoms with Gasteiger partial charge in [-0.3, -0.25) is 0 Å². The highest BCUT2D eigenvalue weighted by atomic mass is 16.6. The molecule has 10 nitrogen and oxygen atoms in total. The Morgan fingerprint density at radius 2 is 1.75 bits per heavy atom. The third kappa shape index (κ3) is 8.00. The van der Waals surface area contributed by atoms with Crippen molar-refractivity contribution in [2.75, 3.05) is 13.7 Å². The number of hydrogen-bond donors (Lipinski definition) is 1. The highest BCUT2D eigenvalue weighted by molar-refractivity contribution is 5.81. The van der Waals surface area contributed by atoms with Crippen molar-refractivity contribution in [3.8, 4) is 17.3 Å². The third-order valence-corrected chi connectivity index (χ3v) is 4.86. The van der Waals surface area contributed by atoms with Crippen LogP contribution in [0, 0.1) is 0 Å². The van der Waals surface area contributed by atoms with Crippen LogP contribution in [0.1, 0.15) is 38.8 Å². The monoisotopic (exact) mass is 496 g/mol. The van der Waals surface area contributed by atoms with Crippen LogP contribution in [0.15, 0.2) is 55.0 Å². The van der Waals surface area contributed by atoms with Crippen LogP contribution in [0.5, 0.6) is 11.5 Å². The van der Waals surface area contributed by atoms with Crippen LogP contribution in [0.4, 0.5) is 4.79 Å². The number of carbonyl (C=O) groups excluding carboxylic acids is 2. The molecule has 0 aliphatic heterocycles. The quantitative estimate of drug-likeness (QED) is 0.421. The van der Waals surface area contributed by atoms with E-state index in [9.17, 15) is 9.59 Å². The first-order chi connectivity index (χ1) is 17.2. The molecule has 0 aliphatic rings. The second kappa shape index (κ2) is 12.1. The minimum atomic E-state index is -0.917. The van der Waals surface area contributed by atoms with Gasteiger partial charge in [0.1, 0.15) is 29.7 Å². The topological polar surface area (TPSA) is 114 Å². The van der Waals surface area contributed by atoms with Gasteiger partial charge in [-0.2, -0.15) is 5.10 Å². The Bertz CT molecular complexity index is 1140. The molecule has 192 valence electrons. The molecule has 0 saturated carbocycles. The lowest BCUT2D eigenvalue weighted by molar-refractivity contribution is -0.145. The van der Waals surface area contributed by atoms with Crippen molar-refractivity contribution in [2.24, 2.45) is 0 Å². The van der Waals surface area contributed by atoms with Crippen LogP contribution >= 0.6 is 0 Å². The van der Waals surface area contributed by atoms with Crippen molar-refractivity contribution < 1.29 is 28.5 Å². The predicted octanol–water partition coefficient (Wildman–Crippen LogP) is 3.85. The van der Waals surface area contributed by atoms with Crippen molar-refractivity contribution in [1.82, 2.24) is 20.1 Å². The number of aromatic nitrogens is 3. The average molecular weight is 497 g/mol. The van der Waals surface area contributed by atoms with Gasteiger partial charge in [-0.15, -0.1) is 0 Å². The molecule has 1 unspecified atom stereocenters. The molecule has 0 spiro atoms. The fourth-order valence-electron chi connectivity index (χ4n) is 3.19. The molecule has 10 heteroatoms. The molecule has 36 heavy (non-hydrogen) atoms. The Morgan fingerprint density at radius 1 is 1.03 bits per heavy atom. The summed E-state index contributed by atoms with van der Waals surface area (Å²) in [6, 6.07) is 10.3. The summed E-state index contributed by atoms with van der Waals surface area (Å²) >= 11 is 0. The number of carbonyl (C=O) groups is 2. The van der Waals surface area contributed by atoms with Crippen molar-refractivity contribution >= 4 is 12.1 Å². The van der Waals surface area contributed by atoms with Gasteiger partial charge in [0.25, 0.3) is 0 Å². The molecule has 3 rings (SSSR count). The SMILES string of the molecule is CCOC(=O)C(Cc1cnn(-c2ccc(OCc3ccc(OC)cc3)cn2)c1)NC(=O)OC(C)(C)C. The number of methoxy groups -OCH3 is 1. The zero-order chi connectivity index (χ0) is 26.1. The normalized spacial score (nSPS) is 11.9. The molecule has 2 heterocycles. The number of nitrogens with zero attached hydrogens (tertiary/aromatic N) is 3. The third-order valence-electron chi connectivity index (χ3n) is 4.86. The number of hydrogen-bond acceptors (Lipinski definition) is 8. The summed E-state index contributed by atoms with van der Waals surface area (Å²) in [7, 11) is 1.63. The average Bonchev–Trinajstić information content (AvgIpc) is 3.30. The standard InChI is InChI=1S/C26H32N4O6/c1-6-34-24(31)22(29-25(32)36-26(2,3)4)13-19-14-28-30(16-19)23-12-11-21(15-27-23)35-17-18-7-9-20(33-5)10-8-18/h7-12,14-16,22H,6,13,17H2,1-5H3,(H,29,32). The van der Waals surface area contributed by atoms with Crippen molar-refractivity contribution in [3.63, 3.8) is 0 Å². The number of alkyl carbamates (subject to hydrolysis) is 1. The number of nitrogens with one attached hydrogen (secondary N) is 1. The summed E-state index contributed by atoms with van der Waals surface area (Å²) in [4.78, 5) is 29.0. The van der Waals surface area contributed by atoms with Crippen LogP contribution < -0.4 is 14.8 Å². The van der Waals surface area contributed by atoms with Gasteiger partial charge < -0.3 is 24.3 Å². The van der Waals surface area contributed by atoms with Gasteiger partial charge >= 0.3 is 12.1 Å². The Hall–Kier alpha value is -4.08. The van der Waals surface area contributed by atoms with E-state index in [1.165, 1.54) is 0 Å². The summed E-state index contributed by atoms with van der Waals surface area (Å²) in [5.74, 6) is 1.43. The molecule has 0 bridgehead atoms. The van der Waals surface area contributed by atoms with Crippen LogP contribution in [-0.4, -0.2) is 52.2 Å². The molecule has 1 aromatic carbocycles. The number of pyridine rings is 1. The number of amides is 1. The molecule has 0 aliphatic carbocycles. The molecule has 2 aromatic heterocycles. The highest BCUT2D eigenvalue weighted by Gasteiger charge is 2.26. The van der Waals surface area contributed by atoms with Gasteiger partial charge in [-0.1, -0.05) is 12.1 Å². The van der Waals surface area contributed by atoms with E-state index in [1.54, 1.807) is 70.2 Å². The fraction of sp³-hybridized carbons (Fsp3) is 0.385. The van der Waals surface area contributed by atoms with E-state index in [0.717, 1.165) is 11.3 Å². The lowest BCUT2D eigenvalue weighted by Gasteiger charge is -2.22. The molecule has 0 radical (unpaired) electrons. The predicted molar refractivity (Wildman–Crippen MR) is 132 cm³/mol. The van der Waals surface area contributed by atoms with Gasteiger partial charge in [0.2, 0.25) is 0 Å². The number of ether oxygens (including phenoxy) is 4. The Morgan fingerprint density at radius 3 is 2.36 bits per heavy atom. The van der Waals surface area contributed by atoms with Gasteiger partial charge in [-0.25, -0.2) is 19.3 Å². The smallest absolute Gasteiger partial charge is 0.408 e. The maximum absolute atomic E-state index is 12.4. The van der Waals surface area contributed by atoms with E-state index in [4.69, 9.17) is 18.9 Å². The van der Waals surface area contributed by atoms with E-state index < -0.39 is 23.7 Å². The molecule has 1 N–H and O–H groups in total. The van der Waals surface area contributed by atoms with Gasteiger partial charge in [-0.05, 0) is 63.1 Å². The maximum atomic E-state index is 12.4. The number of esters is 1. The van der Waals surface area contributed by atoms with Gasteiger partial charge in [0, 0.05) is 12.6 Å². The molecule has 3 aromatic rings. The molecular formula is C26H32N4O6. The first kappa shape index (κ1) is 26.5. The zero-order valence-electron chi connectivity index (χ0n) is 21.2. The van der Waals surface area contributed by atoms with Crippen LogP contribution in [0.2, 0.25) is 0 Å². The maximum Gasteiger partial charge on any atom is 0.408 e. The van der Waals surface area contributed by atoms with Crippen LogP contribution in [0.25, 0.3) is 5.82 Å². The largest absolute Gasteiger partial charge is 0.497 e. The summed E-state index contributed by atoms with van der Waals surface area (Å²) in [5, 5.41) is 6.91. The van der Waals surface area contributed by atoms with E-state index in [0.29, 0.717) is 23.7 Å². The van der Waals surface area contributed by atoms with Crippen molar-refractivity contribution in [3.05, 3.63) is 66.1 Å². The van der Waals surface area contributed by atoms with Gasteiger partial charge in [0.15, 0.2) is 5.82 Å². The van der Waals surface area contributed by atoms with Crippen molar-refractivity contribution in [2.45, 2.75) is 52.4 Å². The number of rotatable bonds is 10. The summed E-state index contributed by atoms with van der Waals surface area (Å²) in [6.45, 7) is 7.55. The molecule has 1 atom stereocenters. The lowest BCUT2D eigenvalue weighted by atomic mass is 10.1. The first-order valence-electron chi connectivity index (χ1n) is 11.6. The Labute approximate surface area is 210 Å². The highest BCUT2D eigenvalue weighted by Crippen LogP contribution is 2.17. The first-order valence-corrected chi connectivity index (χ1v) is 11.6. The molecule has 1 amide bonds. The summed E-state index contributed by atoms with van der Waals surface area (Å²) in [5.41, 5.74) is 1.03. The van der Waals surface area contributed by atoms with E-state index in [-0.39, 0.29) is 13.0 Å². The fourth-order valence-corrected chi connectivity index (χ4v) is 3.19. The molecule has 0 saturated heterocycles. The number of benzene rings is 1. The van der Waals surface area contributed by atoms with E-state index >= 15 is 0 Å². The Balaban J connectivity index is 1.62. The summed E-state index contributed by atoms with van der Waals surface area (Å²) in [6.07, 6.45) is 4.45. The summed E-state index contributed by atoms with van der Waals surface area (Å²) < 4.78 is 22.9. The zero-order valence-corrected chi connectivity index (χ0v) is 21.2. The molecular weight excluding hydrogens is 464 g/mol. The second-order valence-corrected chi connectivity index (χ2v) is 8.94. The van der Waals surface area contributed by atoms with Crippen LogP contribution in [-0.2, 0) is 27.3 Å². The van der Waals surface area contributed by atoms with Crippen LogP contribution in [0.3, 0.4) is 0 Å². The Kier molecular flexibility index (Phi) is 8.88. The van der Waals surface area contributed by atoms with E-state index in [1.807, 2.05) is 24.3 Å². The minimum absolute atomic E-state index is 0.182. The van der Waals surface area contributed by atoms with Gasteiger partial charge in [0.05, 0.1) is 26.1 Å². The van der Waals surface area contributed by atoms with E-state index in [2.05, 4.69) is 15.4 Å². The molecule has 0 fully saturated rings. The second-order valence-electron chi connectivity index (χ2n) is 8.94. The lowest BCUT2D eigenvalue weighted by Crippen LogP contribution is -2.45. The van der Waals surface area contributed by atoms with Crippen molar-refractivity contribution in [1.29, 1.82) is 0 Å². The minimum Gasteiger partial charge on any atom is -0.497 e.